The first-order valence-corrected chi connectivity index (χ1v) is 6.87. The zero-order valence-electron chi connectivity index (χ0n) is 10.5. The molecule has 4 heteroatoms. The Morgan fingerprint density at radius 1 is 1.24 bits per heavy atom. The molecule has 2 aliphatic carbocycles. The fraction of sp³-hybridized carbons (Fsp3) is 0.846. The van der Waals surface area contributed by atoms with E-state index in [4.69, 9.17) is 4.42 Å². The molecule has 1 aromatic rings. The third-order valence-corrected chi connectivity index (χ3v) is 4.24. The minimum Gasteiger partial charge on any atom is -0.425 e. The molecular weight excluding hydrogens is 214 g/mol. The Kier molecular flexibility index (Phi) is 3.14. The summed E-state index contributed by atoms with van der Waals surface area (Å²) in [5.74, 6) is 4.05. The summed E-state index contributed by atoms with van der Waals surface area (Å²) in [6.45, 7) is 1.01. The van der Waals surface area contributed by atoms with Crippen LogP contribution in [0.5, 0.6) is 0 Å². The minimum absolute atomic E-state index is 0.600. The number of nitrogens with one attached hydrogen (secondary N) is 1. The van der Waals surface area contributed by atoms with Crippen LogP contribution in [0.2, 0.25) is 0 Å². The number of hydrogen-bond acceptors (Lipinski definition) is 4. The van der Waals surface area contributed by atoms with Crippen LogP contribution in [-0.4, -0.2) is 23.8 Å². The van der Waals surface area contributed by atoms with Gasteiger partial charge in [-0.05, 0) is 44.7 Å². The average molecular weight is 235 g/mol. The normalized spacial score (nSPS) is 31.2. The lowest BCUT2D eigenvalue weighted by molar-refractivity contribution is 0.436. The maximum Gasteiger partial charge on any atom is 0.220 e. The first kappa shape index (κ1) is 11.2. The van der Waals surface area contributed by atoms with E-state index in [1.165, 1.54) is 25.7 Å². The lowest BCUT2D eigenvalue weighted by Gasteiger charge is -2.04. The fourth-order valence-corrected chi connectivity index (χ4v) is 3.28. The summed E-state index contributed by atoms with van der Waals surface area (Å²) < 4.78 is 5.80. The van der Waals surface area contributed by atoms with Gasteiger partial charge in [0.15, 0.2) is 0 Å². The van der Waals surface area contributed by atoms with Gasteiger partial charge in [-0.3, -0.25) is 0 Å². The van der Waals surface area contributed by atoms with Gasteiger partial charge in [0.25, 0.3) is 0 Å². The van der Waals surface area contributed by atoms with E-state index < -0.39 is 0 Å². The Morgan fingerprint density at radius 3 is 2.71 bits per heavy atom. The van der Waals surface area contributed by atoms with Crippen molar-refractivity contribution in [2.75, 3.05) is 13.6 Å². The van der Waals surface area contributed by atoms with Gasteiger partial charge in [-0.2, -0.15) is 0 Å². The van der Waals surface area contributed by atoms with Crippen LogP contribution in [0.15, 0.2) is 4.42 Å². The molecule has 0 spiro atoms. The highest BCUT2D eigenvalue weighted by Crippen LogP contribution is 2.60. The van der Waals surface area contributed by atoms with Crippen LogP contribution in [0, 0.1) is 11.8 Å². The molecular formula is C13H21N3O. The van der Waals surface area contributed by atoms with E-state index in [1.807, 2.05) is 7.05 Å². The topological polar surface area (TPSA) is 51.0 Å². The highest BCUT2D eigenvalue weighted by atomic mass is 16.4. The molecule has 0 radical (unpaired) electrons. The molecule has 2 fully saturated rings. The molecule has 1 N–H and O–H groups in total. The Balaban J connectivity index is 1.57. The molecule has 2 unspecified atom stereocenters. The predicted octanol–water partition coefficient (Wildman–Crippen LogP) is 2.13. The maximum absolute atomic E-state index is 5.80. The van der Waals surface area contributed by atoms with E-state index in [0.717, 1.165) is 43.0 Å². The number of nitrogens with zero attached hydrogens (tertiary/aromatic N) is 2. The largest absolute Gasteiger partial charge is 0.425 e. The van der Waals surface area contributed by atoms with Gasteiger partial charge in [0.05, 0.1) is 0 Å². The highest BCUT2D eigenvalue weighted by Gasteiger charge is 2.54. The van der Waals surface area contributed by atoms with Gasteiger partial charge < -0.3 is 9.73 Å². The zero-order chi connectivity index (χ0) is 11.7. The van der Waals surface area contributed by atoms with E-state index in [0.29, 0.717) is 5.92 Å². The molecule has 2 aliphatic rings. The molecule has 2 atom stereocenters. The summed E-state index contributed by atoms with van der Waals surface area (Å²) in [6, 6.07) is 0. The monoisotopic (exact) mass is 235 g/mol. The van der Waals surface area contributed by atoms with Gasteiger partial charge in [0.2, 0.25) is 11.8 Å². The second kappa shape index (κ2) is 4.77. The first-order chi connectivity index (χ1) is 8.40. The summed E-state index contributed by atoms with van der Waals surface area (Å²) in [5.41, 5.74) is 0. The van der Waals surface area contributed by atoms with Crippen LogP contribution < -0.4 is 5.32 Å². The van der Waals surface area contributed by atoms with Gasteiger partial charge in [-0.1, -0.05) is 12.8 Å². The number of rotatable bonds is 5. The van der Waals surface area contributed by atoms with Crippen molar-refractivity contribution in [1.29, 1.82) is 0 Å². The predicted molar refractivity (Wildman–Crippen MR) is 64.7 cm³/mol. The lowest BCUT2D eigenvalue weighted by atomic mass is 10.0. The van der Waals surface area contributed by atoms with Crippen LogP contribution in [0.1, 0.15) is 49.8 Å². The summed E-state index contributed by atoms with van der Waals surface area (Å²) in [6.07, 6.45) is 7.48. The van der Waals surface area contributed by atoms with E-state index >= 15 is 0 Å². The lowest BCUT2D eigenvalue weighted by Crippen LogP contribution is -2.08. The van der Waals surface area contributed by atoms with Crippen molar-refractivity contribution < 1.29 is 4.42 Å². The Hall–Kier alpha value is -0.900. The average Bonchev–Trinajstić information content (AvgIpc) is 2.91. The van der Waals surface area contributed by atoms with Gasteiger partial charge in [0.1, 0.15) is 0 Å². The summed E-state index contributed by atoms with van der Waals surface area (Å²) in [5, 5.41) is 11.5. The van der Waals surface area contributed by atoms with Crippen LogP contribution in [-0.2, 0) is 6.42 Å². The van der Waals surface area contributed by atoms with Crippen molar-refractivity contribution in [1.82, 2.24) is 15.5 Å². The van der Waals surface area contributed by atoms with E-state index in [1.54, 1.807) is 0 Å². The highest BCUT2D eigenvalue weighted by molar-refractivity contribution is 5.14. The second-order valence-corrected chi connectivity index (χ2v) is 5.38. The maximum atomic E-state index is 5.80. The molecule has 1 heterocycles. The number of fused-ring (bicyclic) bond motifs is 1. The molecule has 0 aromatic carbocycles. The number of hydrogen-bond donors (Lipinski definition) is 1. The molecule has 4 nitrogen and oxygen atoms in total. The van der Waals surface area contributed by atoms with Crippen molar-refractivity contribution in [3.05, 3.63) is 11.8 Å². The van der Waals surface area contributed by atoms with Crippen molar-refractivity contribution in [3.63, 3.8) is 0 Å². The van der Waals surface area contributed by atoms with Crippen molar-refractivity contribution in [3.8, 4) is 0 Å². The van der Waals surface area contributed by atoms with E-state index in [9.17, 15) is 0 Å². The Morgan fingerprint density at radius 2 is 2.00 bits per heavy atom. The molecule has 2 saturated carbocycles. The van der Waals surface area contributed by atoms with Crippen LogP contribution in [0.3, 0.4) is 0 Å². The number of aromatic nitrogens is 2. The summed E-state index contributed by atoms with van der Waals surface area (Å²) >= 11 is 0. The van der Waals surface area contributed by atoms with Crippen LogP contribution in [0.25, 0.3) is 0 Å². The molecule has 0 saturated heterocycles. The molecule has 1 aromatic heterocycles. The molecule has 0 bridgehead atoms. The zero-order valence-corrected chi connectivity index (χ0v) is 10.5. The molecule has 94 valence electrons. The molecule has 3 rings (SSSR count). The smallest absolute Gasteiger partial charge is 0.220 e. The third-order valence-electron chi connectivity index (χ3n) is 4.24. The van der Waals surface area contributed by atoms with E-state index in [-0.39, 0.29) is 0 Å². The second-order valence-electron chi connectivity index (χ2n) is 5.38. The SMILES string of the molecule is CNCCCc1nnc(C2C3CCCCC32)o1. The summed E-state index contributed by atoms with van der Waals surface area (Å²) in [4.78, 5) is 0. The Bertz CT molecular complexity index is 364. The van der Waals surface area contributed by atoms with Crippen LogP contribution in [0.4, 0.5) is 0 Å². The molecule has 0 aliphatic heterocycles. The summed E-state index contributed by atoms with van der Waals surface area (Å²) in [7, 11) is 1.97. The van der Waals surface area contributed by atoms with Crippen molar-refractivity contribution >= 4 is 0 Å². The van der Waals surface area contributed by atoms with Crippen molar-refractivity contribution in [2.24, 2.45) is 11.8 Å². The Labute approximate surface area is 102 Å². The molecule has 0 amide bonds. The standard InChI is InChI=1S/C13H21N3O/c1-14-8-4-7-11-15-16-13(17-11)12-9-5-2-3-6-10(9)12/h9-10,12,14H,2-8H2,1H3. The van der Waals surface area contributed by atoms with Gasteiger partial charge in [0, 0.05) is 12.3 Å². The van der Waals surface area contributed by atoms with Gasteiger partial charge in [-0.25, -0.2) is 0 Å². The molecule has 17 heavy (non-hydrogen) atoms. The van der Waals surface area contributed by atoms with E-state index in [2.05, 4.69) is 15.5 Å². The van der Waals surface area contributed by atoms with Crippen molar-refractivity contribution in [2.45, 2.75) is 44.4 Å². The fourth-order valence-electron chi connectivity index (χ4n) is 3.28. The van der Waals surface area contributed by atoms with Gasteiger partial charge >= 0.3 is 0 Å². The van der Waals surface area contributed by atoms with Crippen LogP contribution >= 0.6 is 0 Å². The van der Waals surface area contributed by atoms with Gasteiger partial charge in [-0.15, -0.1) is 10.2 Å². The minimum atomic E-state index is 0.600. The number of aryl methyl sites for hydroxylation is 1. The first-order valence-electron chi connectivity index (χ1n) is 6.87. The quantitative estimate of drug-likeness (QED) is 0.794. The third kappa shape index (κ3) is 2.23.